The molecule has 0 spiro atoms. The first-order chi connectivity index (χ1) is 11.0. The predicted molar refractivity (Wildman–Crippen MR) is 88.2 cm³/mol. The van der Waals surface area contributed by atoms with Crippen LogP contribution in [0.5, 0.6) is 5.88 Å². The second kappa shape index (κ2) is 5.76. The van der Waals surface area contributed by atoms with Gasteiger partial charge in [0.1, 0.15) is 11.6 Å². The summed E-state index contributed by atoms with van der Waals surface area (Å²) in [6, 6.07) is 1.95. The molecule has 0 bridgehead atoms. The fourth-order valence-corrected chi connectivity index (χ4v) is 3.51. The lowest BCUT2D eigenvalue weighted by Crippen LogP contribution is -2.29. The maximum absolute atomic E-state index is 12.1. The van der Waals surface area contributed by atoms with Gasteiger partial charge >= 0.3 is 0 Å². The summed E-state index contributed by atoms with van der Waals surface area (Å²) in [5.41, 5.74) is 3.14. The fraction of sp³-hybridized carbons (Fsp3) is 0.421. The number of ether oxygens (including phenoxy) is 1. The third kappa shape index (κ3) is 2.62. The first kappa shape index (κ1) is 15.7. The highest BCUT2D eigenvalue weighted by atomic mass is 16.5. The van der Waals surface area contributed by atoms with Crippen molar-refractivity contribution in [2.24, 2.45) is 5.41 Å². The molecule has 1 heterocycles. The van der Waals surface area contributed by atoms with Gasteiger partial charge in [-0.15, -0.1) is 0 Å². The maximum Gasteiger partial charge on any atom is 0.213 e. The lowest BCUT2D eigenvalue weighted by molar-refractivity contribution is -0.133. The molecule has 4 nitrogen and oxygen atoms in total. The number of aryl methyl sites for hydroxylation is 1. The molecular formula is C19H21NO3. The zero-order chi connectivity index (χ0) is 16.6. The van der Waals surface area contributed by atoms with E-state index in [1.165, 1.54) is 5.56 Å². The maximum atomic E-state index is 12.1. The van der Waals surface area contributed by atoms with E-state index >= 15 is 0 Å². The van der Waals surface area contributed by atoms with Gasteiger partial charge in [0.25, 0.3) is 0 Å². The largest absolute Gasteiger partial charge is 0.481 e. The third-order valence-electron chi connectivity index (χ3n) is 4.98. The van der Waals surface area contributed by atoms with Crippen molar-refractivity contribution in [3.8, 4) is 5.88 Å². The van der Waals surface area contributed by atoms with E-state index in [2.05, 4.69) is 17.6 Å². The van der Waals surface area contributed by atoms with E-state index in [4.69, 9.17) is 4.74 Å². The number of carbonyl (C=O) groups excluding carboxylic acids is 2. The number of nitrogens with zero attached hydrogens (tertiary/aromatic N) is 1. The second-order valence-electron chi connectivity index (χ2n) is 6.50. The summed E-state index contributed by atoms with van der Waals surface area (Å²) in [5.74, 6) is 0.671. The number of allylic oxidation sites excluding steroid dienone is 3. The molecule has 0 unspecified atom stereocenters. The SMILES string of the molecule is C=C(CC1(C)C(=O)CCC1=O)C1=CCCc2cc(OC)ncc21. The van der Waals surface area contributed by atoms with Gasteiger partial charge in [0.15, 0.2) is 0 Å². The number of rotatable bonds is 4. The molecule has 23 heavy (non-hydrogen) atoms. The zero-order valence-corrected chi connectivity index (χ0v) is 13.6. The molecule has 0 N–H and O–H groups in total. The van der Waals surface area contributed by atoms with E-state index < -0.39 is 5.41 Å². The topological polar surface area (TPSA) is 56.3 Å². The molecule has 120 valence electrons. The number of carbonyl (C=O) groups is 2. The van der Waals surface area contributed by atoms with Crippen LogP contribution in [0.15, 0.2) is 30.5 Å². The summed E-state index contributed by atoms with van der Waals surface area (Å²) in [6.45, 7) is 5.92. The van der Waals surface area contributed by atoms with E-state index in [1.54, 1.807) is 20.2 Å². The van der Waals surface area contributed by atoms with Crippen LogP contribution in [0.2, 0.25) is 0 Å². The van der Waals surface area contributed by atoms with Crippen LogP contribution in [0.4, 0.5) is 0 Å². The average molecular weight is 311 g/mol. The quantitative estimate of drug-likeness (QED) is 0.801. The van der Waals surface area contributed by atoms with Gasteiger partial charge in [-0.3, -0.25) is 9.59 Å². The highest BCUT2D eigenvalue weighted by Crippen LogP contribution is 2.41. The average Bonchev–Trinajstić information content (AvgIpc) is 2.81. The Morgan fingerprint density at radius 2 is 2.00 bits per heavy atom. The highest BCUT2D eigenvalue weighted by molar-refractivity contribution is 6.13. The van der Waals surface area contributed by atoms with Gasteiger partial charge in [0, 0.05) is 30.7 Å². The minimum Gasteiger partial charge on any atom is -0.481 e. The number of aromatic nitrogens is 1. The van der Waals surface area contributed by atoms with Crippen molar-refractivity contribution in [2.75, 3.05) is 7.11 Å². The van der Waals surface area contributed by atoms with Crippen LogP contribution in [-0.4, -0.2) is 23.7 Å². The molecule has 0 radical (unpaired) electrons. The minimum atomic E-state index is -0.907. The van der Waals surface area contributed by atoms with Crippen molar-refractivity contribution < 1.29 is 14.3 Å². The van der Waals surface area contributed by atoms with Gasteiger partial charge in [0.05, 0.1) is 12.5 Å². The summed E-state index contributed by atoms with van der Waals surface area (Å²) >= 11 is 0. The molecule has 1 fully saturated rings. The van der Waals surface area contributed by atoms with Crippen LogP contribution in [0.1, 0.15) is 43.7 Å². The van der Waals surface area contributed by atoms with Gasteiger partial charge in [0.2, 0.25) is 5.88 Å². The Labute approximate surface area is 136 Å². The van der Waals surface area contributed by atoms with Crippen molar-refractivity contribution in [3.63, 3.8) is 0 Å². The molecule has 0 amide bonds. The van der Waals surface area contributed by atoms with Crippen LogP contribution >= 0.6 is 0 Å². The molecule has 0 aliphatic heterocycles. The van der Waals surface area contributed by atoms with E-state index in [1.807, 2.05) is 6.07 Å². The molecule has 4 heteroatoms. The smallest absolute Gasteiger partial charge is 0.213 e. The molecule has 0 aromatic carbocycles. The number of ketones is 2. The Bertz CT molecular complexity index is 714. The molecule has 0 atom stereocenters. The Balaban J connectivity index is 1.88. The molecule has 0 saturated heterocycles. The first-order valence-electron chi connectivity index (χ1n) is 7.94. The molecule has 1 aromatic heterocycles. The summed E-state index contributed by atoms with van der Waals surface area (Å²) in [6.07, 6.45) is 6.88. The van der Waals surface area contributed by atoms with Gasteiger partial charge < -0.3 is 4.74 Å². The van der Waals surface area contributed by atoms with Crippen molar-refractivity contribution in [3.05, 3.63) is 41.6 Å². The Morgan fingerprint density at radius 1 is 1.30 bits per heavy atom. The number of hydrogen-bond donors (Lipinski definition) is 0. The highest BCUT2D eigenvalue weighted by Gasteiger charge is 2.45. The molecular weight excluding hydrogens is 290 g/mol. The van der Waals surface area contributed by atoms with Crippen LogP contribution in [0, 0.1) is 5.41 Å². The number of Topliss-reactive ketones (excluding diaryl/α,β-unsaturated/α-hetero) is 2. The Kier molecular flexibility index (Phi) is 3.92. The standard InChI is InChI=1S/C19H21NO3/c1-12(10-19(2)16(21)7-8-17(19)22)14-6-4-5-13-9-18(23-3)20-11-15(13)14/h6,9,11H,1,4-5,7-8,10H2,2-3H3. The minimum absolute atomic E-state index is 0.0353. The van der Waals surface area contributed by atoms with Crippen molar-refractivity contribution in [1.29, 1.82) is 0 Å². The number of hydrogen-bond acceptors (Lipinski definition) is 4. The summed E-state index contributed by atoms with van der Waals surface area (Å²) in [4.78, 5) is 28.6. The van der Waals surface area contributed by atoms with E-state index in [9.17, 15) is 9.59 Å². The summed E-state index contributed by atoms with van der Waals surface area (Å²) in [5, 5.41) is 0. The lowest BCUT2D eigenvalue weighted by Gasteiger charge is -2.25. The number of methoxy groups -OCH3 is 1. The monoisotopic (exact) mass is 311 g/mol. The van der Waals surface area contributed by atoms with E-state index in [0.717, 1.165) is 29.6 Å². The third-order valence-corrected chi connectivity index (χ3v) is 4.98. The second-order valence-corrected chi connectivity index (χ2v) is 6.50. The Hall–Kier alpha value is -2.23. The first-order valence-corrected chi connectivity index (χ1v) is 7.94. The predicted octanol–water partition coefficient (Wildman–Crippen LogP) is 3.30. The Morgan fingerprint density at radius 3 is 2.65 bits per heavy atom. The van der Waals surface area contributed by atoms with Crippen LogP contribution in [0.3, 0.4) is 0 Å². The van der Waals surface area contributed by atoms with E-state index in [-0.39, 0.29) is 11.6 Å². The van der Waals surface area contributed by atoms with Crippen LogP contribution < -0.4 is 4.74 Å². The van der Waals surface area contributed by atoms with Crippen molar-refractivity contribution in [1.82, 2.24) is 4.98 Å². The lowest BCUT2D eigenvalue weighted by atomic mass is 9.76. The van der Waals surface area contributed by atoms with Crippen LogP contribution in [-0.2, 0) is 16.0 Å². The molecule has 1 saturated carbocycles. The normalized spacial score (nSPS) is 19.3. The zero-order valence-electron chi connectivity index (χ0n) is 13.6. The van der Waals surface area contributed by atoms with Gasteiger partial charge in [-0.05, 0) is 42.9 Å². The number of fused-ring (bicyclic) bond motifs is 1. The van der Waals surface area contributed by atoms with Gasteiger partial charge in [-0.25, -0.2) is 4.98 Å². The van der Waals surface area contributed by atoms with Crippen LogP contribution in [0.25, 0.3) is 5.57 Å². The summed E-state index contributed by atoms with van der Waals surface area (Å²) < 4.78 is 5.19. The number of pyridine rings is 1. The molecule has 2 aliphatic carbocycles. The fourth-order valence-electron chi connectivity index (χ4n) is 3.51. The molecule has 1 aromatic rings. The van der Waals surface area contributed by atoms with E-state index in [0.29, 0.717) is 25.1 Å². The molecule has 3 rings (SSSR count). The molecule has 2 aliphatic rings. The summed E-state index contributed by atoms with van der Waals surface area (Å²) in [7, 11) is 1.60. The van der Waals surface area contributed by atoms with Gasteiger partial charge in [-0.2, -0.15) is 0 Å². The van der Waals surface area contributed by atoms with Crippen molar-refractivity contribution in [2.45, 2.75) is 39.0 Å². The van der Waals surface area contributed by atoms with Crippen molar-refractivity contribution >= 4 is 17.1 Å². The van der Waals surface area contributed by atoms with Gasteiger partial charge in [-0.1, -0.05) is 12.7 Å².